The Labute approximate surface area is 109 Å². The summed E-state index contributed by atoms with van der Waals surface area (Å²) in [4.78, 5) is 0. The number of ether oxygens (including phenoxy) is 1. The zero-order valence-electron chi connectivity index (χ0n) is 9.72. The summed E-state index contributed by atoms with van der Waals surface area (Å²) in [6.07, 6.45) is 2.71. The molecule has 1 saturated heterocycles. The van der Waals surface area contributed by atoms with Crippen LogP contribution in [0.3, 0.4) is 0 Å². The van der Waals surface area contributed by atoms with Crippen LogP contribution >= 0.6 is 15.9 Å². The molecule has 1 fully saturated rings. The highest BCUT2D eigenvalue weighted by molar-refractivity contribution is 9.10. The quantitative estimate of drug-likeness (QED) is 0.932. The van der Waals surface area contributed by atoms with Crippen molar-refractivity contribution in [1.29, 1.82) is 0 Å². The molecule has 2 N–H and O–H groups in total. The van der Waals surface area contributed by atoms with Crippen molar-refractivity contribution in [3.63, 3.8) is 0 Å². The Bertz CT molecular complexity index is 391. The van der Waals surface area contributed by atoms with Gasteiger partial charge in [-0.1, -0.05) is 15.9 Å². The van der Waals surface area contributed by atoms with E-state index < -0.39 is 0 Å². The summed E-state index contributed by atoms with van der Waals surface area (Å²) in [7, 11) is 0. The average molecular weight is 302 g/mol. The van der Waals surface area contributed by atoms with E-state index in [-0.39, 0.29) is 11.2 Å². The van der Waals surface area contributed by atoms with Gasteiger partial charge in [-0.25, -0.2) is 4.39 Å². The molecule has 0 unspecified atom stereocenters. The van der Waals surface area contributed by atoms with Gasteiger partial charge in [-0.15, -0.1) is 0 Å². The second kappa shape index (κ2) is 5.46. The first-order chi connectivity index (χ1) is 8.15. The average Bonchev–Trinajstić information content (AvgIpc) is 2.35. The summed E-state index contributed by atoms with van der Waals surface area (Å²) < 4.78 is 19.6. The van der Waals surface area contributed by atoms with E-state index in [0.717, 1.165) is 42.5 Å². The molecule has 4 heteroatoms. The molecule has 1 heterocycles. The van der Waals surface area contributed by atoms with Crippen LogP contribution in [0, 0.1) is 11.2 Å². The fraction of sp³-hybridized carbons (Fsp3) is 0.538. The van der Waals surface area contributed by atoms with Crippen molar-refractivity contribution in [2.45, 2.75) is 19.3 Å². The Morgan fingerprint density at radius 3 is 2.71 bits per heavy atom. The first kappa shape index (κ1) is 13.0. The summed E-state index contributed by atoms with van der Waals surface area (Å²) in [5.41, 5.74) is 6.97. The van der Waals surface area contributed by atoms with Crippen molar-refractivity contribution in [3.8, 4) is 0 Å². The predicted octanol–water partition coefficient (Wildman–Crippen LogP) is 2.89. The normalized spacial score (nSPS) is 19.2. The van der Waals surface area contributed by atoms with Gasteiger partial charge in [0.1, 0.15) is 5.82 Å². The van der Waals surface area contributed by atoms with Crippen molar-refractivity contribution in [1.82, 2.24) is 0 Å². The Balaban J connectivity index is 2.20. The highest BCUT2D eigenvalue weighted by Crippen LogP contribution is 2.35. The molecule has 17 heavy (non-hydrogen) atoms. The van der Waals surface area contributed by atoms with E-state index >= 15 is 0 Å². The molecule has 0 bridgehead atoms. The van der Waals surface area contributed by atoms with Crippen LogP contribution in [0.2, 0.25) is 0 Å². The molecule has 0 amide bonds. The number of hydrogen-bond donors (Lipinski definition) is 1. The molecule has 0 aromatic heterocycles. The van der Waals surface area contributed by atoms with Crippen LogP contribution in [0.25, 0.3) is 0 Å². The minimum absolute atomic E-state index is 0.0641. The summed E-state index contributed by atoms with van der Waals surface area (Å²) in [5, 5.41) is 0. The maximum absolute atomic E-state index is 13.3. The van der Waals surface area contributed by atoms with Crippen molar-refractivity contribution >= 4 is 15.9 Å². The van der Waals surface area contributed by atoms with Gasteiger partial charge in [-0.2, -0.15) is 0 Å². The first-order valence-corrected chi connectivity index (χ1v) is 6.66. The third-order valence-electron chi connectivity index (χ3n) is 3.56. The zero-order chi connectivity index (χ0) is 12.3. The standard InChI is InChI=1S/C13H17BrFNO/c14-12-2-1-11(15)7-10(12)8-13(9-16)3-5-17-6-4-13/h1-2,7H,3-6,8-9,16H2. The number of benzene rings is 1. The van der Waals surface area contributed by atoms with Crippen LogP contribution in [0.15, 0.2) is 22.7 Å². The Morgan fingerprint density at radius 2 is 2.06 bits per heavy atom. The molecule has 2 rings (SSSR count). The van der Waals surface area contributed by atoms with E-state index in [0.29, 0.717) is 6.54 Å². The van der Waals surface area contributed by atoms with Crippen LogP contribution in [-0.4, -0.2) is 19.8 Å². The second-order valence-electron chi connectivity index (χ2n) is 4.73. The highest BCUT2D eigenvalue weighted by atomic mass is 79.9. The molecule has 1 aromatic rings. The third-order valence-corrected chi connectivity index (χ3v) is 4.33. The fourth-order valence-corrected chi connectivity index (χ4v) is 2.73. The van der Waals surface area contributed by atoms with Gasteiger partial charge in [0.15, 0.2) is 0 Å². The van der Waals surface area contributed by atoms with Gasteiger partial charge in [0.25, 0.3) is 0 Å². The topological polar surface area (TPSA) is 35.2 Å². The molecule has 0 spiro atoms. The molecule has 1 aliphatic rings. The minimum Gasteiger partial charge on any atom is -0.381 e. The number of hydrogen-bond acceptors (Lipinski definition) is 2. The molecule has 0 aliphatic carbocycles. The van der Waals surface area contributed by atoms with Crippen molar-refractivity contribution in [2.24, 2.45) is 11.1 Å². The second-order valence-corrected chi connectivity index (χ2v) is 5.58. The van der Waals surface area contributed by atoms with Crippen molar-refractivity contribution < 1.29 is 9.13 Å². The summed E-state index contributed by atoms with van der Waals surface area (Å²) in [6.45, 7) is 2.13. The van der Waals surface area contributed by atoms with Gasteiger partial charge < -0.3 is 10.5 Å². The lowest BCUT2D eigenvalue weighted by atomic mass is 9.75. The van der Waals surface area contributed by atoms with E-state index in [1.165, 1.54) is 6.07 Å². The van der Waals surface area contributed by atoms with E-state index in [2.05, 4.69) is 15.9 Å². The fourth-order valence-electron chi connectivity index (χ4n) is 2.34. The molecule has 94 valence electrons. The van der Waals surface area contributed by atoms with Crippen molar-refractivity contribution in [3.05, 3.63) is 34.1 Å². The Hall–Kier alpha value is -0.450. The van der Waals surface area contributed by atoms with Gasteiger partial charge >= 0.3 is 0 Å². The maximum atomic E-state index is 13.3. The van der Waals surface area contributed by atoms with E-state index in [1.54, 1.807) is 12.1 Å². The van der Waals surface area contributed by atoms with Gasteiger partial charge in [-0.05, 0) is 55.0 Å². The molecule has 2 nitrogen and oxygen atoms in total. The number of halogens is 2. The highest BCUT2D eigenvalue weighted by Gasteiger charge is 2.31. The monoisotopic (exact) mass is 301 g/mol. The molecular weight excluding hydrogens is 285 g/mol. The SMILES string of the molecule is NCC1(Cc2cc(F)ccc2Br)CCOCC1. The van der Waals surface area contributed by atoms with Crippen LogP contribution < -0.4 is 5.73 Å². The van der Waals surface area contributed by atoms with Crippen molar-refractivity contribution in [2.75, 3.05) is 19.8 Å². The van der Waals surface area contributed by atoms with Gasteiger partial charge in [0.05, 0.1) is 0 Å². The smallest absolute Gasteiger partial charge is 0.123 e. The minimum atomic E-state index is -0.192. The van der Waals surface area contributed by atoms with Gasteiger partial charge in [-0.3, -0.25) is 0 Å². The zero-order valence-corrected chi connectivity index (χ0v) is 11.3. The Kier molecular flexibility index (Phi) is 4.17. The molecule has 1 aliphatic heterocycles. The van der Waals surface area contributed by atoms with E-state index in [9.17, 15) is 4.39 Å². The van der Waals surface area contributed by atoms with Gasteiger partial charge in [0.2, 0.25) is 0 Å². The largest absolute Gasteiger partial charge is 0.381 e. The number of rotatable bonds is 3. The lowest BCUT2D eigenvalue weighted by Crippen LogP contribution is -2.38. The number of nitrogens with two attached hydrogens (primary N) is 1. The molecule has 0 radical (unpaired) electrons. The van der Waals surface area contributed by atoms with Gasteiger partial charge in [0, 0.05) is 17.7 Å². The molecule has 0 atom stereocenters. The van der Waals surface area contributed by atoms with Crippen LogP contribution in [0.4, 0.5) is 4.39 Å². The molecular formula is C13H17BrFNO. The molecule has 0 saturated carbocycles. The lowest BCUT2D eigenvalue weighted by Gasteiger charge is -2.36. The summed E-state index contributed by atoms with van der Waals surface area (Å²) >= 11 is 3.47. The van der Waals surface area contributed by atoms with E-state index in [1.807, 2.05) is 0 Å². The van der Waals surface area contributed by atoms with Crippen LogP contribution in [0.5, 0.6) is 0 Å². The van der Waals surface area contributed by atoms with Crippen LogP contribution in [0.1, 0.15) is 18.4 Å². The van der Waals surface area contributed by atoms with E-state index in [4.69, 9.17) is 10.5 Å². The first-order valence-electron chi connectivity index (χ1n) is 5.87. The van der Waals surface area contributed by atoms with Crippen LogP contribution in [-0.2, 0) is 11.2 Å². The molecule has 1 aromatic carbocycles. The predicted molar refractivity (Wildman–Crippen MR) is 69.3 cm³/mol. The lowest BCUT2D eigenvalue weighted by molar-refractivity contribution is 0.0190. The summed E-state index contributed by atoms with van der Waals surface area (Å²) in [5.74, 6) is -0.192. The Morgan fingerprint density at radius 1 is 1.35 bits per heavy atom. The summed E-state index contributed by atoms with van der Waals surface area (Å²) in [6, 6.07) is 4.82. The third kappa shape index (κ3) is 3.06. The maximum Gasteiger partial charge on any atom is 0.123 e.